The van der Waals surface area contributed by atoms with Gasteiger partial charge in [-0.15, -0.1) is 11.3 Å². The van der Waals surface area contributed by atoms with E-state index in [9.17, 15) is 19.5 Å². The molecule has 2 aliphatic rings. The zero-order valence-electron chi connectivity index (χ0n) is 16.8. The van der Waals surface area contributed by atoms with E-state index in [1.165, 1.54) is 4.90 Å². The zero-order valence-corrected chi connectivity index (χ0v) is 17.7. The van der Waals surface area contributed by atoms with Gasteiger partial charge in [-0.2, -0.15) is 0 Å². The van der Waals surface area contributed by atoms with Crippen LogP contribution < -0.4 is 5.32 Å². The molecule has 30 heavy (non-hydrogen) atoms. The van der Waals surface area contributed by atoms with E-state index in [0.29, 0.717) is 19.4 Å². The minimum Gasteiger partial charge on any atom is -0.391 e. The van der Waals surface area contributed by atoms with Crippen LogP contribution in [0.25, 0.3) is 10.4 Å². The molecule has 7 nitrogen and oxygen atoms in total. The first-order chi connectivity index (χ1) is 14.4. The van der Waals surface area contributed by atoms with Crippen molar-refractivity contribution in [3.8, 4) is 10.4 Å². The van der Waals surface area contributed by atoms with Gasteiger partial charge in [0.15, 0.2) is 5.78 Å². The highest BCUT2D eigenvalue weighted by molar-refractivity contribution is 7.13. The third-order valence-electron chi connectivity index (χ3n) is 5.88. The van der Waals surface area contributed by atoms with Crippen LogP contribution in [-0.2, 0) is 20.8 Å². The summed E-state index contributed by atoms with van der Waals surface area (Å²) in [5.74, 6) is -0.846. The third kappa shape index (κ3) is 4.29. The minimum absolute atomic E-state index is 0.0421. The first-order valence-electron chi connectivity index (χ1n) is 10.2. The maximum Gasteiger partial charge on any atom is 0.228 e. The predicted octanol–water partition coefficient (Wildman–Crippen LogP) is 1.72. The average molecular weight is 428 g/mol. The molecule has 2 aromatic rings. The van der Waals surface area contributed by atoms with Crippen molar-refractivity contribution in [2.75, 3.05) is 13.1 Å². The van der Waals surface area contributed by atoms with Crippen molar-refractivity contribution in [1.29, 1.82) is 0 Å². The van der Waals surface area contributed by atoms with E-state index in [1.807, 2.05) is 36.7 Å². The molecular weight excluding hydrogens is 402 g/mol. The van der Waals surface area contributed by atoms with Crippen LogP contribution in [0.15, 0.2) is 29.8 Å². The standard InChI is InChI=1S/C22H25N3O4S/c1-13-21(30-12-24-13)15-5-2-14(3-6-15)4-7-19(27)18-9-17(26)11-25(18)22(29)16-8-20(28)23-10-16/h2-3,5-6,12,16-18,26H,4,7-11H2,1H3,(H,23,28)/t16?,17-,18+/m1/s1. The van der Waals surface area contributed by atoms with Gasteiger partial charge in [-0.05, 0) is 24.5 Å². The van der Waals surface area contributed by atoms with Gasteiger partial charge in [-0.1, -0.05) is 24.3 Å². The quantitative estimate of drug-likeness (QED) is 0.731. The van der Waals surface area contributed by atoms with Crippen molar-refractivity contribution in [2.24, 2.45) is 5.92 Å². The Morgan fingerprint density at radius 1 is 1.30 bits per heavy atom. The van der Waals surface area contributed by atoms with Gasteiger partial charge in [0.25, 0.3) is 0 Å². The van der Waals surface area contributed by atoms with Crippen LogP contribution in [0.5, 0.6) is 0 Å². The molecule has 0 spiro atoms. The number of amides is 2. The number of thiazole rings is 1. The van der Waals surface area contributed by atoms with Crippen LogP contribution in [0.1, 0.15) is 30.5 Å². The van der Waals surface area contributed by atoms with Crippen molar-refractivity contribution < 1.29 is 19.5 Å². The normalized spacial score (nSPS) is 23.6. The Balaban J connectivity index is 1.37. The number of hydrogen-bond donors (Lipinski definition) is 2. The first kappa shape index (κ1) is 20.7. The predicted molar refractivity (Wildman–Crippen MR) is 113 cm³/mol. The summed E-state index contributed by atoms with van der Waals surface area (Å²) < 4.78 is 0. The SMILES string of the molecule is Cc1ncsc1-c1ccc(CCC(=O)[C@@H]2C[C@@H](O)CN2C(=O)C2CNC(=O)C2)cc1. The fraction of sp³-hybridized carbons (Fsp3) is 0.455. The molecule has 3 atom stereocenters. The lowest BCUT2D eigenvalue weighted by Crippen LogP contribution is -2.44. The Bertz CT molecular complexity index is 956. The number of aromatic nitrogens is 1. The number of aliphatic hydroxyl groups is 1. The molecule has 1 unspecified atom stereocenters. The maximum absolute atomic E-state index is 12.9. The molecule has 8 heteroatoms. The van der Waals surface area contributed by atoms with Crippen LogP contribution in [0.3, 0.4) is 0 Å². The van der Waals surface area contributed by atoms with Gasteiger partial charge in [0, 0.05) is 32.4 Å². The van der Waals surface area contributed by atoms with Crippen LogP contribution >= 0.6 is 11.3 Å². The average Bonchev–Trinajstić information content (AvgIpc) is 3.46. The van der Waals surface area contributed by atoms with Crippen molar-refractivity contribution in [3.63, 3.8) is 0 Å². The topological polar surface area (TPSA) is 99.6 Å². The molecule has 0 saturated carbocycles. The highest BCUT2D eigenvalue weighted by Crippen LogP contribution is 2.28. The Labute approximate surface area is 179 Å². The van der Waals surface area contributed by atoms with Crippen LogP contribution in [0, 0.1) is 12.8 Å². The molecule has 0 bridgehead atoms. The monoisotopic (exact) mass is 427 g/mol. The zero-order chi connectivity index (χ0) is 21.3. The van der Waals surface area contributed by atoms with E-state index in [-0.39, 0.29) is 37.0 Å². The molecular formula is C22H25N3O4S. The third-order valence-corrected chi connectivity index (χ3v) is 6.86. The van der Waals surface area contributed by atoms with E-state index >= 15 is 0 Å². The van der Waals surface area contributed by atoms with Gasteiger partial charge in [0.2, 0.25) is 11.8 Å². The summed E-state index contributed by atoms with van der Waals surface area (Å²) in [5, 5.41) is 12.7. The second-order valence-electron chi connectivity index (χ2n) is 8.03. The number of benzene rings is 1. The molecule has 0 aliphatic carbocycles. The lowest BCUT2D eigenvalue weighted by molar-refractivity contribution is -0.141. The number of hydrogen-bond acceptors (Lipinski definition) is 6. The molecule has 3 heterocycles. The van der Waals surface area contributed by atoms with E-state index in [4.69, 9.17) is 0 Å². The molecule has 1 aromatic carbocycles. The first-order valence-corrected chi connectivity index (χ1v) is 11.1. The van der Waals surface area contributed by atoms with Gasteiger partial charge in [-0.3, -0.25) is 14.4 Å². The summed E-state index contributed by atoms with van der Waals surface area (Å²) in [4.78, 5) is 44.0. The number of ketones is 1. The Hall–Kier alpha value is -2.58. The van der Waals surface area contributed by atoms with Gasteiger partial charge in [0.1, 0.15) is 0 Å². The molecule has 0 radical (unpaired) electrons. The van der Waals surface area contributed by atoms with Crippen LogP contribution in [0.2, 0.25) is 0 Å². The molecule has 4 rings (SSSR count). The number of nitrogens with zero attached hydrogens (tertiary/aromatic N) is 2. The fourth-order valence-corrected chi connectivity index (χ4v) is 5.02. The number of Topliss-reactive ketones (excluding diaryl/α,β-unsaturated/α-hetero) is 1. The number of carbonyl (C=O) groups is 3. The summed E-state index contributed by atoms with van der Waals surface area (Å²) in [6.07, 6.45) is 0.607. The van der Waals surface area contributed by atoms with Crippen molar-refractivity contribution >= 4 is 28.9 Å². The Morgan fingerprint density at radius 2 is 2.07 bits per heavy atom. The number of nitrogens with one attached hydrogen (secondary N) is 1. The molecule has 1 aromatic heterocycles. The van der Waals surface area contributed by atoms with Gasteiger partial charge < -0.3 is 15.3 Å². The molecule has 2 saturated heterocycles. The Morgan fingerprint density at radius 3 is 2.70 bits per heavy atom. The number of aryl methyl sites for hydroxylation is 2. The summed E-state index contributed by atoms with van der Waals surface area (Å²) in [6.45, 7) is 2.44. The van der Waals surface area contributed by atoms with Crippen molar-refractivity contribution in [1.82, 2.24) is 15.2 Å². The number of rotatable bonds is 6. The largest absolute Gasteiger partial charge is 0.391 e. The molecule has 2 fully saturated rings. The van der Waals surface area contributed by atoms with Gasteiger partial charge >= 0.3 is 0 Å². The maximum atomic E-state index is 12.9. The number of β-amino-alcohol motifs (C(OH)–C–C–N with tert-alkyl or cyclic N) is 1. The summed E-state index contributed by atoms with van der Waals surface area (Å²) in [7, 11) is 0. The van der Waals surface area contributed by atoms with Crippen LogP contribution in [-0.4, -0.2) is 57.8 Å². The number of aliphatic hydroxyl groups excluding tert-OH is 1. The van der Waals surface area contributed by atoms with Crippen molar-refractivity contribution in [2.45, 2.75) is 44.8 Å². The molecule has 2 aliphatic heterocycles. The van der Waals surface area contributed by atoms with Crippen LogP contribution in [0.4, 0.5) is 0 Å². The molecule has 158 valence electrons. The smallest absolute Gasteiger partial charge is 0.228 e. The lowest BCUT2D eigenvalue weighted by Gasteiger charge is -2.25. The van der Waals surface area contributed by atoms with Gasteiger partial charge in [0.05, 0.1) is 34.1 Å². The van der Waals surface area contributed by atoms with E-state index in [1.54, 1.807) is 11.3 Å². The van der Waals surface area contributed by atoms with E-state index < -0.39 is 18.1 Å². The summed E-state index contributed by atoms with van der Waals surface area (Å²) >= 11 is 1.61. The van der Waals surface area contributed by atoms with E-state index in [0.717, 1.165) is 21.7 Å². The van der Waals surface area contributed by atoms with Crippen molar-refractivity contribution in [3.05, 3.63) is 41.0 Å². The second-order valence-corrected chi connectivity index (χ2v) is 8.89. The minimum atomic E-state index is -0.699. The lowest BCUT2D eigenvalue weighted by atomic mass is 9.99. The molecule has 2 N–H and O–H groups in total. The Kier molecular flexibility index (Phi) is 5.97. The second kappa shape index (κ2) is 8.65. The highest BCUT2D eigenvalue weighted by atomic mass is 32.1. The number of carbonyl (C=O) groups excluding carboxylic acids is 3. The highest BCUT2D eigenvalue weighted by Gasteiger charge is 2.42. The number of likely N-dealkylation sites (tertiary alicyclic amines) is 1. The summed E-state index contributed by atoms with van der Waals surface area (Å²) in [5.41, 5.74) is 5.00. The fourth-order valence-electron chi connectivity index (χ4n) is 4.21. The van der Waals surface area contributed by atoms with Gasteiger partial charge in [-0.25, -0.2) is 4.98 Å². The molecule has 2 amide bonds. The van der Waals surface area contributed by atoms with E-state index in [2.05, 4.69) is 10.3 Å². The summed E-state index contributed by atoms with van der Waals surface area (Å²) in [6, 6.07) is 7.51.